The normalized spacial score (nSPS) is 10.2. The quantitative estimate of drug-likeness (QED) is 0.715. The number of hydrogen-bond acceptors (Lipinski definition) is 2. The lowest BCUT2D eigenvalue weighted by Gasteiger charge is -1.98. The number of hydrogen-bond donors (Lipinski definition) is 1. The van der Waals surface area contributed by atoms with E-state index in [0.29, 0.717) is 6.42 Å². The lowest BCUT2D eigenvalue weighted by molar-refractivity contribution is 0.0879. The fraction of sp³-hybridized carbons (Fsp3) is 0.556. The minimum Gasteiger partial charge on any atom is -0.296 e. The van der Waals surface area contributed by atoms with Gasteiger partial charge in [0.2, 0.25) is 5.91 Å². The van der Waals surface area contributed by atoms with Crippen molar-refractivity contribution in [3.63, 3.8) is 0 Å². The Balaban J connectivity index is 2.50. The molecule has 1 aromatic heterocycles. The number of nitrogens with zero attached hydrogens (tertiary/aromatic N) is 1. The summed E-state index contributed by atoms with van der Waals surface area (Å²) in [6.45, 7) is 2.07. The van der Waals surface area contributed by atoms with Crippen LogP contribution >= 0.6 is 0 Å². The van der Waals surface area contributed by atoms with E-state index in [1.54, 1.807) is 0 Å². The fourth-order valence-corrected chi connectivity index (χ4v) is 1.15. The molecule has 0 aliphatic rings. The molecule has 4 heteroatoms. The van der Waals surface area contributed by atoms with Crippen LogP contribution in [0.1, 0.15) is 37.4 Å². The molecule has 0 aliphatic heterocycles. The summed E-state index contributed by atoms with van der Waals surface area (Å²) in [5.74, 6) is -0.150. The van der Waals surface area contributed by atoms with Gasteiger partial charge in [0.1, 0.15) is 0 Å². The lowest BCUT2D eigenvalue weighted by atomic mass is 10.2. The van der Waals surface area contributed by atoms with E-state index in [9.17, 15) is 9.59 Å². The van der Waals surface area contributed by atoms with Gasteiger partial charge in [0.15, 0.2) is 0 Å². The molecule has 72 valence electrons. The van der Waals surface area contributed by atoms with Crippen molar-refractivity contribution >= 4 is 5.91 Å². The number of carbonyl (C=O) groups is 1. The van der Waals surface area contributed by atoms with E-state index in [2.05, 4.69) is 12.0 Å². The Kier molecular flexibility index (Phi) is 3.49. The third-order valence-corrected chi connectivity index (χ3v) is 1.89. The largest absolute Gasteiger partial charge is 0.296 e. The van der Waals surface area contributed by atoms with Gasteiger partial charge in [0, 0.05) is 18.7 Å². The van der Waals surface area contributed by atoms with E-state index in [1.165, 1.54) is 12.3 Å². The molecule has 0 saturated carbocycles. The van der Waals surface area contributed by atoms with Crippen molar-refractivity contribution in [2.75, 3.05) is 0 Å². The smallest absolute Gasteiger partial charge is 0.273 e. The average molecular weight is 182 g/mol. The highest BCUT2D eigenvalue weighted by molar-refractivity contribution is 5.77. The van der Waals surface area contributed by atoms with Crippen molar-refractivity contribution in [1.29, 1.82) is 0 Å². The Morgan fingerprint density at radius 1 is 1.54 bits per heavy atom. The van der Waals surface area contributed by atoms with Crippen molar-refractivity contribution in [2.24, 2.45) is 0 Å². The molecule has 1 aromatic rings. The summed E-state index contributed by atoms with van der Waals surface area (Å²) in [6.07, 6.45) is 4.86. The molecule has 0 saturated heterocycles. The second-order valence-corrected chi connectivity index (χ2v) is 2.99. The molecule has 0 fully saturated rings. The minimum atomic E-state index is -0.276. The topological polar surface area (TPSA) is 54.9 Å². The van der Waals surface area contributed by atoms with E-state index < -0.39 is 0 Å². The summed E-state index contributed by atoms with van der Waals surface area (Å²) in [5.41, 5.74) is -0.276. The zero-order chi connectivity index (χ0) is 9.68. The maximum atomic E-state index is 11.3. The van der Waals surface area contributed by atoms with Crippen LogP contribution in [-0.4, -0.2) is 15.7 Å². The van der Waals surface area contributed by atoms with Gasteiger partial charge in [-0.05, 0) is 6.42 Å². The fourth-order valence-electron chi connectivity index (χ4n) is 1.15. The molecule has 0 unspecified atom stereocenters. The molecule has 0 radical (unpaired) electrons. The molecule has 13 heavy (non-hydrogen) atoms. The number of aromatic nitrogens is 2. The first kappa shape index (κ1) is 9.77. The van der Waals surface area contributed by atoms with Gasteiger partial charge in [0.25, 0.3) is 5.56 Å². The molecule has 4 nitrogen and oxygen atoms in total. The van der Waals surface area contributed by atoms with Crippen LogP contribution in [0.2, 0.25) is 0 Å². The average Bonchev–Trinajstić information content (AvgIpc) is 2.52. The van der Waals surface area contributed by atoms with Gasteiger partial charge >= 0.3 is 0 Å². The summed E-state index contributed by atoms with van der Waals surface area (Å²) >= 11 is 0. The summed E-state index contributed by atoms with van der Waals surface area (Å²) < 4.78 is 1.05. The number of rotatable bonds is 4. The highest BCUT2D eigenvalue weighted by Crippen LogP contribution is 1.99. The zero-order valence-electron chi connectivity index (χ0n) is 7.75. The van der Waals surface area contributed by atoms with Gasteiger partial charge in [0.05, 0.1) is 0 Å². The monoisotopic (exact) mass is 182 g/mol. The van der Waals surface area contributed by atoms with Crippen molar-refractivity contribution < 1.29 is 4.79 Å². The summed E-state index contributed by atoms with van der Waals surface area (Å²) in [7, 11) is 0. The van der Waals surface area contributed by atoms with Crippen LogP contribution in [0.4, 0.5) is 0 Å². The minimum absolute atomic E-state index is 0.150. The highest BCUT2D eigenvalue weighted by Gasteiger charge is 2.05. The molecule has 1 N–H and O–H groups in total. The van der Waals surface area contributed by atoms with Crippen LogP contribution in [-0.2, 0) is 0 Å². The maximum absolute atomic E-state index is 11.3. The number of nitrogens with one attached hydrogen (secondary N) is 1. The van der Waals surface area contributed by atoms with E-state index >= 15 is 0 Å². The van der Waals surface area contributed by atoms with Crippen molar-refractivity contribution in [1.82, 2.24) is 9.78 Å². The predicted octanol–water partition coefficient (Wildman–Crippen LogP) is 1.40. The first-order chi connectivity index (χ1) is 6.25. The van der Waals surface area contributed by atoms with Gasteiger partial charge < -0.3 is 0 Å². The third-order valence-electron chi connectivity index (χ3n) is 1.89. The Hall–Kier alpha value is -1.32. The van der Waals surface area contributed by atoms with Crippen LogP contribution in [0.15, 0.2) is 17.1 Å². The van der Waals surface area contributed by atoms with Gasteiger partial charge in [-0.25, -0.2) is 0 Å². The van der Waals surface area contributed by atoms with Crippen molar-refractivity contribution in [3.05, 3.63) is 22.6 Å². The van der Waals surface area contributed by atoms with Crippen LogP contribution in [0.3, 0.4) is 0 Å². The van der Waals surface area contributed by atoms with Crippen LogP contribution in [0.25, 0.3) is 0 Å². The lowest BCUT2D eigenvalue weighted by Crippen LogP contribution is -2.23. The molecule has 0 aliphatic carbocycles. The van der Waals surface area contributed by atoms with E-state index in [0.717, 1.165) is 23.9 Å². The molecule has 0 spiro atoms. The molecule has 0 bridgehead atoms. The van der Waals surface area contributed by atoms with E-state index in [-0.39, 0.29) is 11.5 Å². The first-order valence-electron chi connectivity index (χ1n) is 4.55. The predicted molar refractivity (Wildman–Crippen MR) is 49.8 cm³/mol. The van der Waals surface area contributed by atoms with Crippen LogP contribution < -0.4 is 5.56 Å². The highest BCUT2D eigenvalue weighted by atomic mass is 16.2. The summed E-state index contributed by atoms with van der Waals surface area (Å²) in [4.78, 5) is 22.3. The molecular weight excluding hydrogens is 168 g/mol. The number of aromatic amines is 1. The Labute approximate surface area is 76.6 Å². The molecule has 0 amide bonds. The van der Waals surface area contributed by atoms with Gasteiger partial charge in [-0.15, -0.1) is 0 Å². The van der Waals surface area contributed by atoms with Crippen molar-refractivity contribution in [2.45, 2.75) is 32.6 Å². The Morgan fingerprint density at radius 2 is 2.31 bits per heavy atom. The SMILES string of the molecule is CCCCCC(=O)n1[nH]ccc1=O. The van der Waals surface area contributed by atoms with E-state index in [1.807, 2.05) is 0 Å². The summed E-state index contributed by atoms with van der Waals surface area (Å²) in [6, 6.07) is 1.34. The van der Waals surface area contributed by atoms with Gasteiger partial charge in [-0.1, -0.05) is 19.8 Å². The Morgan fingerprint density at radius 3 is 2.85 bits per heavy atom. The molecule has 1 rings (SSSR count). The molecular formula is C9H14N2O2. The first-order valence-corrected chi connectivity index (χ1v) is 4.55. The molecule has 0 aromatic carbocycles. The van der Waals surface area contributed by atoms with Gasteiger partial charge in [-0.2, -0.15) is 4.68 Å². The van der Waals surface area contributed by atoms with Gasteiger partial charge in [-0.3, -0.25) is 14.7 Å². The van der Waals surface area contributed by atoms with Crippen LogP contribution in [0, 0.1) is 0 Å². The second kappa shape index (κ2) is 4.64. The molecule has 1 heterocycles. The van der Waals surface area contributed by atoms with E-state index in [4.69, 9.17) is 0 Å². The zero-order valence-corrected chi connectivity index (χ0v) is 7.75. The second-order valence-electron chi connectivity index (χ2n) is 2.99. The maximum Gasteiger partial charge on any atom is 0.273 e. The summed E-state index contributed by atoms with van der Waals surface area (Å²) in [5, 5.41) is 2.59. The van der Waals surface area contributed by atoms with Crippen LogP contribution in [0.5, 0.6) is 0 Å². The van der Waals surface area contributed by atoms with Crippen molar-refractivity contribution in [3.8, 4) is 0 Å². The number of H-pyrrole nitrogens is 1. The number of unbranched alkanes of at least 4 members (excludes halogenated alkanes) is 2. The standard InChI is InChI=1S/C9H14N2O2/c1-2-3-4-5-8(12)11-9(13)6-7-10-11/h6-7,10H,2-5H2,1H3. The third kappa shape index (κ3) is 2.57. The molecule has 0 atom stereocenters. The number of carbonyl (C=O) groups excluding carboxylic acids is 1. The Bertz CT molecular complexity index is 324.